The molecule has 1 aromatic carbocycles. The Labute approximate surface area is 126 Å². The molecule has 0 fully saturated rings. The minimum absolute atomic E-state index is 0.164. The molecular weight excluding hydrogens is 282 g/mol. The van der Waals surface area contributed by atoms with Crippen LogP contribution in [-0.2, 0) is 9.59 Å². The first-order chi connectivity index (χ1) is 10.6. The molecule has 2 aromatic rings. The molecule has 1 aliphatic rings. The highest BCUT2D eigenvalue weighted by Gasteiger charge is 2.38. The fourth-order valence-electron chi connectivity index (χ4n) is 2.48. The number of hydrogen-bond acceptors (Lipinski definition) is 4. The molecule has 0 saturated heterocycles. The van der Waals surface area contributed by atoms with Crippen molar-refractivity contribution in [2.24, 2.45) is 0 Å². The van der Waals surface area contributed by atoms with Crippen LogP contribution in [0.2, 0.25) is 0 Å². The van der Waals surface area contributed by atoms with Crippen LogP contribution in [0.15, 0.2) is 42.6 Å². The van der Waals surface area contributed by atoms with Crippen LogP contribution < -0.4 is 10.6 Å². The second kappa shape index (κ2) is 5.40. The number of ketones is 1. The number of carbonyl (C=O) groups is 3. The predicted molar refractivity (Wildman–Crippen MR) is 80.7 cm³/mol. The first kappa shape index (κ1) is 13.9. The average molecular weight is 295 g/mol. The number of rotatable bonds is 3. The van der Waals surface area contributed by atoms with E-state index in [0.29, 0.717) is 22.6 Å². The SMILES string of the molecule is CC(=O)c1cccc2c1NC(=O)C2C(=O)Nc1ccccn1. The van der Waals surface area contributed by atoms with E-state index in [-0.39, 0.29) is 5.78 Å². The molecule has 1 atom stereocenters. The van der Waals surface area contributed by atoms with Gasteiger partial charge in [-0.25, -0.2) is 4.98 Å². The third-order valence-corrected chi connectivity index (χ3v) is 3.48. The van der Waals surface area contributed by atoms with E-state index in [1.807, 2.05) is 0 Å². The minimum atomic E-state index is -0.990. The molecule has 0 spiro atoms. The first-order valence-corrected chi connectivity index (χ1v) is 6.74. The van der Waals surface area contributed by atoms with Gasteiger partial charge in [-0.3, -0.25) is 14.4 Å². The van der Waals surface area contributed by atoms with Gasteiger partial charge in [-0.2, -0.15) is 0 Å². The van der Waals surface area contributed by atoms with Crippen molar-refractivity contribution in [1.82, 2.24) is 4.98 Å². The number of fused-ring (bicyclic) bond motifs is 1. The van der Waals surface area contributed by atoms with Gasteiger partial charge in [0, 0.05) is 11.8 Å². The van der Waals surface area contributed by atoms with Gasteiger partial charge in [-0.15, -0.1) is 0 Å². The normalized spacial score (nSPS) is 15.9. The lowest BCUT2D eigenvalue weighted by atomic mass is 9.96. The zero-order valence-corrected chi connectivity index (χ0v) is 11.8. The molecule has 110 valence electrons. The Balaban J connectivity index is 1.94. The molecule has 0 aliphatic carbocycles. The van der Waals surface area contributed by atoms with Gasteiger partial charge in [0.15, 0.2) is 5.78 Å². The Kier molecular flexibility index (Phi) is 3.42. The van der Waals surface area contributed by atoms with Crippen molar-refractivity contribution in [3.8, 4) is 0 Å². The zero-order valence-electron chi connectivity index (χ0n) is 11.8. The van der Waals surface area contributed by atoms with Crippen molar-refractivity contribution in [2.45, 2.75) is 12.8 Å². The van der Waals surface area contributed by atoms with Crippen molar-refractivity contribution in [3.63, 3.8) is 0 Å². The molecule has 0 bridgehead atoms. The highest BCUT2D eigenvalue weighted by molar-refractivity contribution is 6.21. The van der Waals surface area contributed by atoms with Crippen molar-refractivity contribution in [2.75, 3.05) is 10.6 Å². The van der Waals surface area contributed by atoms with Gasteiger partial charge in [-0.05, 0) is 30.7 Å². The summed E-state index contributed by atoms with van der Waals surface area (Å²) < 4.78 is 0. The van der Waals surface area contributed by atoms with Crippen LogP contribution in [0.3, 0.4) is 0 Å². The molecule has 6 nitrogen and oxygen atoms in total. The highest BCUT2D eigenvalue weighted by Crippen LogP contribution is 2.36. The summed E-state index contributed by atoms with van der Waals surface area (Å²) >= 11 is 0. The molecular formula is C16H13N3O3. The molecule has 1 unspecified atom stereocenters. The van der Waals surface area contributed by atoms with Gasteiger partial charge in [0.2, 0.25) is 11.8 Å². The number of aromatic nitrogens is 1. The molecule has 22 heavy (non-hydrogen) atoms. The summed E-state index contributed by atoms with van der Waals surface area (Å²) in [6, 6.07) is 10.1. The highest BCUT2D eigenvalue weighted by atomic mass is 16.2. The molecule has 3 rings (SSSR count). The molecule has 1 aromatic heterocycles. The number of para-hydroxylation sites is 1. The molecule has 0 saturated carbocycles. The quantitative estimate of drug-likeness (QED) is 0.669. The largest absolute Gasteiger partial charge is 0.324 e. The molecule has 1 aliphatic heterocycles. The van der Waals surface area contributed by atoms with Crippen molar-refractivity contribution >= 4 is 29.1 Å². The van der Waals surface area contributed by atoms with Gasteiger partial charge in [0.05, 0.1) is 5.69 Å². The first-order valence-electron chi connectivity index (χ1n) is 6.74. The number of benzene rings is 1. The summed E-state index contributed by atoms with van der Waals surface area (Å²) in [7, 11) is 0. The summed E-state index contributed by atoms with van der Waals surface area (Å²) in [4.78, 5) is 40.1. The van der Waals surface area contributed by atoms with Crippen LogP contribution in [0.4, 0.5) is 11.5 Å². The topological polar surface area (TPSA) is 88.2 Å². The number of carbonyl (C=O) groups excluding carboxylic acids is 3. The summed E-state index contributed by atoms with van der Waals surface area (Å²) in [5.41, 5.74) is 1.33. The average Bonchev–Trinajstić information content (AvgIpc) is 2.83. The number of amides is 2. The van der Waals surface area contributed by atoms with Gasteiger partial charge in [0.25, 0.3) is 0 Å². The Hall–Kier alpha value is -3.02. The van der Waals surface area contributed by atoms with Gasteiger partial charge in [0.1, 0.15) is 11.7 Å². The fourth-order valence-corrected chi connectivity index (χ4v) is 2.48. The Morgan fingerprint density at radius 1 is 1.18 bits per heavy atom. The van der Waals surface area contributed by atoms with E-state index in [2.05, 4.69) is 15.6 Å². The number of pyridine rings is 1. The number of Topliss-reactive ketones (excluding diaryl/α,β-unsaturated/α-hetero) is 1. The van der Waals surface area contributed by atoms with Crippen LogP contribution >= 0.6 is 0 Å². The number of hydrogen-bond donors (Lipinski definition) is 2. The second-order valence-electron chi connectivity index (χ2n) is 4.95. The minimum Gasteiger partial charge on any atom is -0.324 e. The third-order valence-electron chi connectivity index (χ3n) is 3.48. The van der Waals surface area contributed by atoms with Crippen LogP contribution in [0.25, 0.3) is 0 Å². The monoisotopic (exact) mass is 295 g/mol. The van der Waals surface area contributed by atoms with E-state index in [9.17, 15) is 14.4 Å². The molecule has 0 radical (unpaired) electrons. The van der Waals surface area contributed by atoms with Gasteiger partial charge < -0.3 is 10.6 Å². The van der Waals surface area contributed by atoms with E-state index in [1.165, 1.54) is 6.92 Å². The third kappa shape index (κ3) is 2.35. The van der Waals surface area contributed by atoms with Crippen LogP contribution in [-0.4, -0.2) is 22.6 Å². The fraction of sp³-hybridized carbons (Fsp3) is 0.125. The summed E-state index contributed by atoms with van der Waals surface area (Å²) in [5, 5.41) is 5.23. The standard InChI is InChI=1S/C16H13N3O3/c1-9(20)10-5-4-6-11-13(16(22)19-14(10)11)15(21)18-12-7-2-3-8-17-12/h2-8,13H,1H3,(H,19,22)(H,17,18,21). The zero-order chi connectivity index (χ0) is 15.7. The second-order valence-corrected chi connectivity index (χ2v) is 4.95. The molecule has 6 heteroatoms. The lowest BCUT2D eigenvalue weighted by Crippen LogP contribution is -2.27. The number of nitrogens with one attached hydrogen (secondary N) is 2. The van der Waals surface area contributed by atoms with Crippen LogP contribution in [0, 0.1) is 0 Å². The molecule has 2 N–H and O–H groups in total. The Morgan fingerprint density at radius 3 is 2.68 bits per heavy atom. The van der Waals surface area contributed by atoms with E-state index >= 15 is 0 Å². The van der Waals surface area contributed by atoms with E-state index in [4.69, 9.17) is 0 Å². The Bertz CT molecular complexity index is 771. The van der Waals surface area contributed by atoms with Crippen molar-refractivity contribution < 1.29 is 14.4 Å². The van der Waals surface area contributed by atoms with Crippen LogP contribution in [0.1, 0.15) is 28.8 Å². The van der Waals surface area contributed by atoms with Crippen molar-refractivity contribution in [3.05, 3.63) is 53.7 Å². The van der Waals surface area contributed by atoms with E-state index in [0.717, 1.165) is 0 Å². The maximum Gasteiger partial charge on any atom is 0.242 e. The predicted octanol–water partition coefficient (Wildman–Crippen LogP) is 1.96. The summed E-state index contributed by atoms with van der Waals surface area (Å²) in [6.07, 6.45) is 1.55. The molecule has 2 amide bonds. The molecule has 2 heterocycles. The van der Waals surface area contributed by atoms with Crippen LogP contribution in [0.5, 0.6) is 0 Å². The van der Waals surface area contributed by atoms with Gasteiger partial charge >= 0.3 is 0 Å². The van der Waals surface area contributed by atoms with Gasteiger partial charge in [-0.1, -0.05) is 18.2 Å². The summed E-state index contributed by atoms with van der Waals surface area (Å²) in [6.45, 7) is 1.42. The maximum absolute atomic E-state index is 12.4. The summed E-state index contributed by atoms with van der Waals surface area (Å²) in [5.74, 6) is -1.71. The lowest BCUT2D eigenvalue weighted by molar-refractivity contribution is -0.125. The van der Waals surface area contributed by atoms with E-state index in [1.54, 1.807) is 42.6 Å². The number of anilines is 2. The number of nitrogens with zero attached hydrogens (tertiary/aromatic N) is 1. The smallest absolute Gasteiger partial charge is 0.242 e. The lowest BCUT2D eigenvalue weighted by Gasteiger charge is -2.09. The maximum atomic E-state index is 12.4. The van der Waals surface area contributed by atoms with E-state index < -0.39 is 17.7 Å². The Morgan fingerprint density at radius 2 is 2.00 bits per heavy atom. The van der Waals surface area contributed by atoms with Crippen molar-refractivity contribution in [1.29, 1.82) is 0 Å².